The van der Waals surface area contributed by atoms with Crippen LogP contribution >= 0.6 is 0 Å². The van der Waals surface area contributed by atoms with Crippen LogP contribution in [0.15, 0.2) is 91.0 Å². The Bertz CT molecular complexity index is 714. The maximum absolute atomic E-state index is 11.9. The molecule has 0 aromatic heterocycles. The topological polar surface area (TPSA) is 20.3 Å². The predicted octanol–water partition coefficient (Wildman–Crippen LogP) is 4.50. The Morgan fingerprint density at radius 2 is 1.04 bits per heavy atom. The van der Waals surface area contributed by atoms with Gasteiger partial charge in [-0.3, -0.25) is 4.90 Å². The van der Waals surface area contributed by atoms with Crippen molar-refractivity contribution in [1.29, 1.82) is 0 Å². The fourth-order valence-electron chi connectivity index (χ4n) is 3.05. The predicted molar refractivity (Wildman–Crippen MR) is 102 cm³/mol. The molecule has 2 heteroatoms. The Labute approximate surface area is 149 Å². The second-order valence-corrected chi connectivity index (χ2v) is 6.27. The molecule has 0 N–H and O–H groups in total. The van der Waals surface area contributed by atoms with Crippen LogP contribution in [0.5, 0.6) is 0 Å². The second kappa shape index (κ2) is 8.95. The lowest BCUT2D eigenvalue weighted by Gasteiger charge is -2.28. The fraction of sp³-hybridized carbons (Fsp3) is 0.174. The monoisotopic (exact) mass is 329 g/mol. The van der Waals surface area contributed by atoms with Crippen LogP contribution in [0.2, 0.25) is 0 Å². The highest BCUT2D eigenvalue weighted by atomic mass is 16.1. The van der Waals surface area contributed by atoms with E-state index in [4.69, 9.17) is 0 Å². The van der Waals surface area contributed by atoms with Crippen LogP contribution in [0.3, 0.4) is 0 Å². The maximum atomic E-state index is 11.9. The Kier molecular flexibility index (Phi) is 6.13. The van der Waals surface area contributed by atoms with Crippen LogP contribution in [-0.2, 0) is 24.3 Å². The van der Waals surface area contributed by atoms with Gasteiger partial charge in [-0.05, 0) is 23.1 Å². The van der Waals surface area contributed by atoms with Crippen molar-refractivity contribution in [2.75, 3.05) is 0 Å². The SMILES string of the molecule is O=CC(Cc1ccccc1)N(Cc1ccccc1)Cc1ccccc1. The van der Waals surface area contributed by atoms with E-state index in [1.54, 1.807) is 0 Å². The number of nitrogens with zero attached hydrogens (tertiary/aromatic N) is 1. The lowest BCUT2D eigenvalue weighted by molar-refractivity contribution is -0.112. The molecule has 0 bridgehead atoms. The number of hydrogen-bond acceptors (Lipinski definition) is 2. The zero-order valence-electron chi connectivity index (χ0n) is 14.3. The highest BCUT2D eigenvalue weighted by Crippen LogP contribution is 2.16. The van der Waals surface area contributed by atoms with Crippen molar-refractivity contribution < 1.29 is 4.79 Å². The molecule has 126 valence electrons. The van der Waals surface area contributed by atoms with Crippen molar-refractivity contribution in [2.24, 2.45) is 0 Å². The smallest absolute Gasteiger partial charge is 0.137 e. The molecule has 3 rings (SSSR count). The van der Waals surface area contributed by atoms with Gasteiger partial charge in [-0.15, -0.1) is 0 Å². The molecule has 0 saturated carbocycles. The molecule has 3 aromatic rings. The minimum Gasteiger partial charge on any atom is -0.302 e. The number of rotatable bonds is 8. The fourth-order valence-corrected chi connectivity index (χ4v) is 3.05. The first-order valence-electron chi connectivity index (χ1n) is 8.66. The molecule has 0 aliphatic carbocycles. The summed E-state index contributed by atoms with van der Waals surface area (Å²) < 4.78 is 0. The van der Waals surface area contributed by atoms with Crippen molar-refractivity contribution in [1.82, 2.24) is 4.90 Å². The van der Waals surface area contributed by atoms with Gasteiger partial charge in [0.25, 0.3) is 0 Å². The van der Waals surface area contributed by atoms with Crippen molar-refractivity contribution in [3.05, 3.63) is 108 Å². The third kappa shape index (κ3) is 5.13. The molecular weight excluding hydrogens is 306 g/mol. The molecule has 0 amide bonds. The average molecular weight is 329 g/mol. The van der Waals surface area contributed by atoms with Gasteiger partial charge in [0.2, 0.25) is 0 Å². The summed E-state index contributed by atoms with van der Waals surface area (Å²) in [6.07, 6.45) is 1.81. The summed E-state index contributed by atoms with van der Waals surface area (Å²) >= 11 is 0. The van der Waals surface area contributed by atoms with Crippen molar-refractivity contribution in [3.63, 3.8) is 0 Å². The highest BCUT2D eigenvalue weighted by Gasteiger charge is 2.19. The molecule has 1 atom stereocenters. The van der Waals surface area contributed by atoms with Crippen molar-refractivity contribution in [2.45, 2.75) is 25.6 Å². The van der Waals surface area contributed by atoms with E-state index >= 15 is 0 Å². The van der Waals surface area contributed by atoms with E-state index in [0.29, 0.717) is 0 Å². The first-order valence-corrected chi connectivity index (χ1v) is 8.66. The third-order valence-corrected chi connectivity index (χ3v) is 4.37. The van der Waals surface area contributed by atoms with Gasteiger partial charge >= 0.3 is 0 Å². The van der Waals surface area contributed by atoms with Gasteiger partial charge in [-0.25, -0.2) is 0 Å². The van der Waals surface area contributed by atoms with Gasteiger partial charge in [-0.2, -0.15) is 0 Å². The summed E-state index contributed by atoms with van der Waals surface area (Å²) in [5, 5.41) is 0. The number of carbonyl (C=O) groups is 1. The van der Waals surface area contributed by atoms with Gasteiger partial charge in [0.1, 0.15) is 6.29 Å². The Hall–Kier alpha value is -2.71. The van der Waals surface area contributed by atoms with E-state index < -0.39 is 0 Å². The van der Waals surface area contributed by atoms with Crippen LogP contribution in [0.4, 0.5) is 0 Å². The van der Waals surface area contributed by atoms with Crippen LogP contribution < -0.4 is 0 Å². The number of carbonyl (C=O) groups excluding carboxylic acids is 1. The normalized spacial score (nSPS) is 12.0. The summed E-state index contributed by atoms with van der Waals surface area (Å²) in [7, 11) is 0. The minimum absolute atomic E-state index is 0.150. The van der Waals surface area contributed by atoms with Gasteiger partial charge in [0, 0.05) is 13.1 Å². The van der Waals surface area contributed by atoms with Gasteiger partial charge < -0.3 is 4.79 Å². The zero-order chi connectivity index (χ0) is 17.3. The molecule has 1 unspecified atom stereocenters. The molecule has 0 heterocycles. The van der Waals surface area contributed by atoms with E-state index in [9.17, 15) is 4.79 Å². The van der Waals surface area contributed by atoms with Gasteiger partial charge in [-0.1, -0.05) is 91.0 Å². The maximum Gasteiger partial charge on any atom is 0.137 e. The van der Waals surface area contributed by atoms with Crippen LogP contribution in [-0.4, -0.2) is 17.2 Å². The average Bonchev–Trinajstić information content (AvgIpc) is 2.68. The lowest BCUT2D eigenvalue weighted by atomic mass is 10.0. The van der Waals surface area contributed by atoms with E-state index in [2.05, 4.69) is 41.3 Å². The largest absolute Gasteiger partial charge is 0.302 e. The first kappa shape index (κ1) is 17.1. The summed E-state index contributed by atoms with van der Waals surface area (Å²) in [6.45, 7) is 1.51. The summed E-state index contributed by atoms with van der Waals surface area (Å²) in [4.78, 5) is 14.1. The summed E-state index contributed by atoms with van der Waals surface area (Å²) in [5.74, 6) is 0. The second-order valence-electron chi connectivity index (χ2n) is 6.27. The molecule has 0 radical (unpaired) electrons. The van der Waals surface area contributed by atoms with Crippen molar-refractivity contribution >= 4 is 6.29 Å². The number of benzene rings is 3. The van der Waals surface area contributed by atoms with Crippen LogP contribution in [0.1, 0.15) is 16.7 Å². The molecule has 25 heavy (non-hydrogen) atoms. The molecular formula is C23H23NO. The summed E-state index contributed by atoms with van der Waals surface area (Å²) in [5.41, 5.74) is 3.63. The zero-order valence-corrected chi connectivity index (χ0v) is 14.3. The Morgan fingerprint density at radius 3 is 1.44 bits per heavy atom. The highest BCUT2D eigenvalue weighted by molar-refractivity contribution is 5.58. The molecule has 0 spiro atoms. The first-order chi connectivity index (χ1) is 12.3. The lowest BCUT2D eigenvalue weighted by Crippen LogP contribution is -2.37. The quantitative estimate of drug-likeness (QED) is 0.567. The standard InChI is InChI=1S/C23H23NO/c25-19-23(16-20-10-4-1-5-11-20)24(17-21-12-6-2-7-13-21)18-22-14-8-3-9-15-22/h1-15,19,23H,16-18H2. The van der Waals surface area contributed by atoms with E-state index in [1.807, 2.05) is 54.6 Å². The van der Waals surface area contributed by atoms with Gasteiger partial charge in [0.15, 0.2) is 0 Å². The number of aldehydes is 1. The minimum atomic E-state index is -0.150. The molecule has 2 nitrogen and oxygen atoms in total. The van der Waals surface area contributed by atoms with Gasteiger partial charge in [0.05, 0.1) is 6.04 Å². The van der Waals surface area contributed by atoms with Crippen LogP contribution in [0, 0.1) is 0 Å². The summed E-state index contributed by atoms with van der Waals surface area (Å²) in [6, 6.07) is 30.7. The molecule has 0 aliphatic heterocycles. The van der Waals surface area contributed by atoms with Crippen LogP contribution in [0.25, 0.3) is 0 Å². The molecule has 3 aromatic carbocycles. The van der Waals surface area contributed by atoms with E-state index in [0.717, 1.165) is 25.8 Å². The van der Waals surface area contributed by atoms with E-state index in [-0.39, 0.29) is 6.04 Å². The number of hydrogen-bond donors (Lipinski definition) is 0. The Balaban J connectivity index is 1.81. The van der Waals surface area contributed by atoms with E-state index in [1.165, 1.54) is 16.7 Å². The molecule has 0 aliphatic rings. The third-order valence-electron chi connectivity index (χ3n) is 4.37. The Morgan fingerprint density at radius 1 is 0.640 bits per heavy atom. The van der Waals surface area contributed by atoms with Crippen molar-refractivity contribution in [3.8, 4) is 0 Å². The molecule has 0 fully saturated rings. The molecule has 0 saturated heterocycles.